The second kappa shape index (κ2) is 4.28. The van der Waals surface area contributed by atoms with Gasteiger partial charge in [-0.05, 0) is 63.0 Å². The first-order chi connectivity index (χ1) is 8.22. The molecule has 0 radical (unpaired) electrons. The molecule has 0 saturated heterocycles. The van der Waals surface area contributed by atoms with Gasteiger partial charge in [-0.25, -0.2) is 0 Å². The van der Waals surface area contributed by atoms with Crippen molar-refractivity contribution in [2.45, 2.75) is 45.6 Å². The molecule has 4 atom stereocenters. The van der Waals surface area contributed by atoms with Crippen molar-refractivity contribution in [2.24, 2.45) is 17.8 Å². The second-order valence-electron chi connectivity index (χ2n) is 5.83. The van der Waals surface area contributed by atoms with Gasteiger partial charge in [-0.15, -0.1) is 5.10 Å². The zero-order valence-electron chi connectivity index (χ0n) is 10.7. The molecule has 4 unspecified atom stereocenters. The standard InChI is InChI=1S/C14H21N3/c1-9-3-6-14(17-16-9)15-10(2)13-8-11-4-5-12(13)7-11/h3,6,10-13H,4-5,7-8H2,1-2H3,(H,15,17). The third-order valence-electron chi connectivity index (χ3n) is 4.61. The van der Waals surface area contributed by atoms with Crippen molar-refractivity contribution in [3.05, 3.63) is 17.8 Å². The summed E-state index contributed by atoms with van der Waals surface area (Å²) in [7, 11) is 0. The molecule has 2 fully saturated rings. The van der Waals surface area contributed by atoms with E-state index >= 15 is 0 Å². The molecular formula is C14H21N3. The van der Waals surface area contributed by atoms with Crippen molar-refractivity contribution in [1.29, 1.82) is 0 Å². The monoisotopic (exact) mass is 231 g/mol. The quantitative estimate of drug-likeness (QED) is 0.869. The molecule has 3 nitrogen and oxygen atoms in total. The molecule has 92 valence electrons. The average molecular weight is 231 g/mol. The maximum Gasteiger partial charge on any atom is 0.148 e. The van der Waals surface area contributed by atoms with E-state index < -0.39 is 0 Å². The lowest BCUT2D eigenvalue weighted by Gasteiger charge is -2.28. The van der Waals surface area contributed by atoms with Crippen molar-refractivity contribution in [2.75, 3.05) is 5.32 Å². The first-order valence-electron chi connectivity index (χ1n) is 6.79. The van der Waals surface area contributed by atoms with Crippen molar-refractivity contribution < 1.29 is 0 Å². The molecular weight excluding hydrogens is 210 g/mol. The molecule has 2 aliphatic rings. The minimum Gasteiger partial charge on any atom is -0.366 e. The van der Waals surface area contributed by atoms with Gasteiger partial charge in [0.15, 0.2) is 0 Å². The summed E-state index contributed by atoms with van der Waals surface area (Å²) < 4.78 is 0. The molecule has 1 N–H and O–H groups in total. The number of nitrogens with one attached hydrogen (secondary N) is 1. The summed E-state index contributed by atoms with van der Waals surface area (Å²) in [6, 6.07) is 4.58. The van der Waals surface area contributed by atoms with Crippen LogP contribution in [0, 0.1) is 24.7 Å². The van der Waals surface area contributed by atoms with E-state index in [0.717, 1.165) is 29.3 Å². The first-order valence-corrected chi connectivity index (χ1v) is 6.79. The Balaban J connectivity index is 1.63. The normalized spacial score (nSPS) is 32.7. The van der Waals surface area contributed by atoms with Gasteiger partial charge in [0.1, 0.15) is 5.82 Å². The number of anilines is 1. The molecule has 1 aromatic heterocycles. The van der Waals surface area contributed by atoms with Crippen LogP contribution >= 0.6 is 0 Å². The van der Waals surface area contributed by atoms with Gasteiger partial charge in [0.2, 0.25) is 0 Å². The van der Waals surface area contributed by atoms with Gasteiger partial charge in [-0.3, -0.25) is 0 Å². The maximum atomic E-state index is 4.19. The average Bonchev–Trinajstić information content (AvgIpc) is 2.94. The maximum absolute atomic E-state index is 4.19. The van der Waals surface area contributed by atoms with Crippen LogP contribution in [0.4, 0.5) is 5.82 Å². The minimum atomic E-state index is 0.530. The molecule has 0 amide bonds. The number of nitrogens with zero attached hydrogens (tertiary/aromatic N) is 2. The fourth-order valence-corrected chi connectivity index (χ4v) is 3.72. The number of hydrogen-bond donors (Lipinski definition) is 1. The summed E-state index contributed by atoms with van der Waals surface area (Å²) >= 11 is 0. The molecule has 17 heavy (non-hydrogen) atoms. The highest BCUT2D eigenvalue weighted by Crippen LogP contribution is 2.49. The lowest BCUT2D eigenvalue weighted by atomic mass is 9.84. The molecule has 2 saturated carbocycles. The predicted octanol–water partition coefficient (Wildman–Crippen LogP) is 3.02. The Labute approximate surface area is 103 Å². The van der Waals surface area contributed by atoms with E-state index in [0.29, 0.717) is 6.04 Å². The van der Waals surface area contributed by atoms with Gasteiger partial charge in [0.05, 0.1) is 5.69 Å². The fraction of sp³-hybridized carbons (Fsp3) is 0.714. The van der Waals surface area contributed by atoms with Crippen molar-refractivity contribution in [3.63, 3.8) is 0 Å². The van der Waals surface area contributed by atoms with Gasteiger partial charge in [-0.2, -0.15) is 5.10 Å². The molecule has 0 spiro atoms. The molecule has 1 heterocycles. The van der Waals surface area contributed by atoms with Crippen LogP contribution in [0.15, 0.2) is 12.1 Å². The Morgan fingerprint density at radius 1 is 1.24 bits per heavy atom. The van der Waals surface area contributed by atoms with Crippen molar-refractivity contribution in [3.8, 4) is 0 Å². The lowest BCUT2D eigenvalue weighted by molar-refractivity contribution is 0.304. The molecule has 0 aromatic carbocycles. The number of aromatic nitrogens is 2. The zero-order chi connectivity index (χ0) is 11.8. The summed E-state index contributed by atoms with van der Waals surface area (Å²) in [6.45, 7) is 4.27. The van der Waals surface area contributed by atoms with Gasteiger partial charge >= 0.3 is 0 Å². The largest absolute Gasteiger partial charge is 0.366 e. The Bertz CT molecular complexity index is 387. The van der Waals surface area contributed by atoms with Crippen LogP contribution in [-0.4, -0.2) is 16.2 Å². The summed E-state index contributed by atoms with van der Waals surface area (Å²) in [5.41, 5.74) is 0.975. The van der Waals surface area contributed by atoms with Gasteiger partial charge in [0.25, 0.3) is 0 Å². The highest BCUT2D eigenvalue weighted by atomic mass is 15.2. The second-order valence-corrected chi connectivity index (χ2v) is 5.83. The van der Waals surface area contributed by atoms with Crippen LogP contribution in [-0.2, 0) is 0 Å². The summed E-state index contributed by atoms with van der Waals surface area (Å²) in [4.78, 5) is 0. The number of fused-ring (bicyclic) bond motifs is 2. The third kappa shape index (κ3) is 2.15. The van der Waals surface area contributed by atoms with Gasteiger partial charge < -0.3 is 5.32 Å². The summed E-state index contributed by atoms with van der Waals surface area (Å²) in [6.07, 6.45) is 5.80. The molecule has 2 bridgehead atoms. The van der Waals surface area contributed by atoms with E-state index in [1.807, 2.05) is 19.1 Å². The first kappa shape index (κ1) is 11.0. The molecule has 2 aliphatic carbocycles. The van der Waals surface area contributed by atoms with E-state index in [1.165, 1.54) is 25.7 Å². The van der Waals surface area contributed by atoms with Crippen molar-refractivity contribution >= 4 is 5.82 Å². The van der Waals surface area contributed by atoms with Crippen LogP contribution in [0.5, 0.6) is 0 Å². The number of aryl methyl sites for hydroxylation is 1. The molecule has 1 aromatic rings. The molecule has 3 heteroatoms. The predicted molar refractivity (Wildman–Crippen MR) is 68.8 cm³/mol. The number of rotatable bonds is 3. The van der Waals surface area contributed by atoms with Crippen molar-refractivity contribution in [1.82, 2.24) is 10.2 Å². The van der Waals surface area contributed by atoms with Gasteiger partial charge in [0, 0.05) is 6.04 Å². The zero-order valence-corrected chi connectivity index (χ0v) is 10.7. The summed E-state index contributed by atoms with van der Waals surface area (Å²) in [5, 5.41) is 11.8. The highest BCUT2D eigenvalue weighted by Gasteiger charge is 2.41. The van der Waals surface area contributed by atoms with E-state index in [4.69, 9.17) is 0 Å². The smallest absolute Gasteiger partial charge is 0.148 e. The third-order valence-corrected chi connectivity index (χ3v) is 4.61. The number of hydrogen-bond acceptors (Lipinski definition) is 3. The Morgan fingerprint density at radius 2 is 2.12 bits per heavy atom. The Hall–Kier alpha value is -1.12. The van der Waals surface area contributed by atoms with E-state index in [-0.39, 0.29) is 0 Å². The SMILES string of the molecule is Cc1ccc(NC(C)C2CC3CCC2C3)nn1. The van der Waals surface area contributed by atoms with Crippen LogP contribution in [0.3, 0.4) is 0 Å². The van der Waals surface area contributed by atoms with Crippen LogP contribution in [0.25, 0.3) is 0 Å². The minimum absolute atomic E-state index is 0.530. The van der Waals surface area contributed by atoms with Gasteiger partial charge in [-0.1, -0.05) is 6.42 Å². The fourth-order valence-electron chi connectivity index (χ4n) is 3.72. The molecule has 0 aliphatic heterocycles. The van der Waals surface area contributed by atoms with Crippen LogP contribution in [0.1, 0.15) is 38.3 Å². The lowest BCUT2D eigenvalue weighted by Crippen LogP contribution is -2.30. The van der Waals surface area contributed by atoms with E-state index in [9.17, 15) is 0 Å². The van der Waals surface area contributed by atoms with Crippen LogP contribution < -0.4 is 5.32 Å². The highest BCUT2D eigenvalue weighted by molar-refractivity contribution is 5.34. The topological polar surface area (TPSA) is 37.8 Å². The van der Waals surface area contributed by atoms with E-state index in [1.54, 1.807) is 0 Å². The molecule has 3 rings (SSSR count). The Kier molecular flexibility index (Phi) is 2.77. The van der Waals surface area contributed by atoms with Crippen LogP contribution in [0.2, 0.25) is 0 Å². The Morgan fingerprint density at radius 3 is 2.71 bits per heavy atom. The van der Waals surface area contributed by atoms with E-state index in [2.05, 4.69) is 22.4 Å². The summed E-state index contributed by atoms with van der Waals surface area (Å²) in [5.74, 6) is 3.74.